The fourth-order valence-electron chi connectivity index (χ4n) is 1.30. The SMILES string of the molecule is COC(=O)c1sccc1CC(C)(C)C(=O)O. The zero-order chi connectivity index (χ0) is 12.3. The van der Waals surface area contributed by atoms with Gasteiger partial charge < -0.3 is 9.84 Å². The second-order valence-corrected chi connectivity index (χ2v) is 5.05. The summed E-state index contributed by atoms with van der Waals surface area (Å²) in [6.45, 7) is 3.27. The predicted molar refractivity (Wildman–Crippen MR) is 60.8 cm³/mol. The fourth-order valence-corrected chi connectivity index (χ4v) is 2.14. The van der Waals surface area contributed by atoms with Crippen LogP contribution in [0.5, 0.6) is 0 Å². The van der Waals surface area contributed by atoms with Gasteiger partial charge in [0, 0.05) is 0 Å². The van der Waals surface area contributed by atoms with Crippen molar-refractivity contribution in [2.24, 2.45) is 5.41 Å². The number of esters is 1. The van der Waals surface area contributed by atoms with Gasteiger partial charge in [0.25, 0.3) is 0 Å². The highest BCUT2D eigenvalue weighted by molar-refractivity contribution is 7.12. The summed E-state index contributed by atoms with van der Waals surface area (Å²) in [5.41, 5.74) is -0.159. The molecule has 1 heterocycles. The van der Waals surface area contributed by atoms with Crippen molar-refractivity contribution in [1.29, 1.82) is 0 Å². The van der Waals surface area contributed by atoms with Crippen LogP contribution < -0.4 is 0 Å². The van der Waals surface area contributed by atoms with Crippen LogP contribution >= 0.6 is 11.3 Å². The Hall–Kier alpha value is -1.36. The van der Waals surface area contributed by atoms with E-state index >= 15 is 0 Å². The third-order valence-corrected chi connectivity index (χ3v) is 3.27. The van der Waals surface area contributed by atoms with Crippen molar-refractivity contribution in [3.8, 4) is 0 Å². The lowest BCUT2D eigenvalue weighted by Crippen LogP contribution is -2.26. The highest BCUT2D eigenvalue weighted by Crippen LogP contribution is 2.27. The molecule has 1 aromatic rings. The topological polar surface area (TPSA) is 63.6 Å². The quantitative estimate of drug-likeness (QED) is 0.822. The summed E-state index contributed by atoms with van der Waals surface area (Å²) < 4.78 is 4.63. The normalized spacial score (nSPS) is 11.2. The molecule has 5 heteroatoms. The van der Waals surface area contributed by atoms with Crippen molar-refractivity contribution in [3.05, 3.63) is 21.9 Å². The molecule has 0 aliphatic heterocycles. The van der Waals surface area contributed by atoms with E-state index in [1.807, 2.05) is 0 Å². The number of hydrogen-bond donors (Lipinski definition) is 1. The van der Waals surface area contributed by atoms with E-state index < -0.39 is 17.4 Å². The maximum atomic E-state index is 11.4. The number of hydrogen-bond acceptors (Lipinski definition) is 4. The van der Waals surface area contributed by atoms with Gasteiger partial charge in [-0.1, -0.05) is 0 Å². The molecule has 4 nitrogen and oxygen atoms in total. The number of thiophene rings is 1. The summed E-state index contributed by atoms with van der Waals surface area (Å²) in [5.74, 6) is -1.29. The number of aliphatic carboxylic acids is 1. The number of carbonyl (C=O) groups excluding carboxylic acids is 1. The Labute approximate surface area is 97.9 Å². The first kappa shape index (κ1) is 12.7. The molecule has 1 rings (SSSR count). The van der Waals surface area contributed by atoms with Gasteiger partial charge in [-0.15, -0.1) is 11.3 Å². The molecule has 0 atom stereocenters. The van der Waals surface area contributed by atoms with Gasteiger partial charge in [0.05, 0.1) is 12.5 Å². The average molecular weight is 242 g/mol. The molecule has 0 saturated carbocycles. The number of rotatable bonds is 4. The molecule has 16 heavy (non-hydrogen) atoms. The van der Waals surface area contributed by atoms with Gasteiger partial charge in [0.2, 0.25) is 0 Å². The van der Waals surface area contributed by atoms with Gasteiger partial charge in [-0.25, -0.2) is 4.79 Å². The monoisotopic (exact) mass is 242 g/mol. The van der Waals surface area contributed by atoms with Gasteiger partial charge in [0.1, 0.15) is 4.88 Å². The second-order valence-electron chi connectivity index (χ2n) is 4.13. The molecule has 0 saturated heterocycles. The van der Waals surface area contributed by atoms with Gasteiger partial charge in [-0.3, -0.25) is 4.79 Å². The number of carboxylic acids is 1. The number of ether oxygens (including phenoxy) is 1. The summed E-state index contributed by atoms with van der Waals surface area (Å²) in [7, 11) is 1.31. The largest absolute Gasteiger partial charge is 0.481 e. The van der Waals surface area contributed by atoms with E-state index in [1.54, 1.807) is 25.3 Å². The van der Waals surface area contributed by atoms with E-state index in [0.29, 0.717) is 11.3 Å². The zero-order valence-electron chi connectivity index (χ0n) is 9.44. The summed E-state index contributed by atoms with van der Waals surface area (Å²) in [6.07, 6.45) is 0.316. The third kappa shape index (κ3) is 2.61. The minimum absolute atomic E-state index is 0.316. The molecule has 0 aliphatic rings. The Morgan fingerprint density at radius 1 is 1.50 bits per heavy atom. The van der Waals surface area contributed by atoms with Crippen LogP contribution in [0.25, 0.3) is 0 Å². The molecule has 88 valence electrons. The van der Waals surface area contributed by atoms with Crippen LogP contribution in [0.4, 0.5) is 0 Å². The maximum absolute atomic E-state index is 11.4. The molecule has 1 N–H and O–H groups in total. The van der Waals surface area contributed by atoms with Crippen LogP contribution in [0.1, 0.15) is 29.1 Å². The molecular formula is C11H14O4S. The van der Waals surface area contributed by atoms with Gasteiger partial charge in [0.15, 0.2) is 0 Å². The molecule has 0 radical (unpaired) electrons. The molecule has 0 unspecified atom stereocenters. The summed E-state index contributed by atoms with van der Waals surface area (Å²) >= 11 is 1.27. The maximum Gasteiger partial charge on any atom is 0.348 e. The van der Waals surface area contributed by atoms with Crippen molar-refractivity contribution in [2.75, 3.05) is 7.11 Å². The Bertz CT molecular complexity index is 406. The molecule has 0 fully saturated rings. The average Bonchev–Trinajstić information content (AvgIpc) is 2.63. The van der Waals surface area contributed by atoms with E-state index in [9.17, 15) is 9.59 Å². The number of methoxy groups -OCH3 is 1. The molecular weight excluding hydrogens is 228 g/mol. The van der Waals surface area contributed by atoms with Crippen LogP contribution in [-0.2, 0) is 16.0 Å². The van der Waals surface area contributed by atoms with Crippen molar-refractivity contribution < 1.29 is 19.4 Å². The molecule has 0 spiro atoms. The van der Waals surface area contributed by atoms with Gasteiger partial charge in [-0.05, 0) is 37.3 Å². The molecule has 0 aliphatic carbocycles. The second kappa shape index (κ2) is 4.65. The van der Waals surface area contributed by atoms with Crippen molar-refractivity contribution in [2.45, 2.75) is 20.3 Å². The van der Waals surface area contributed by atoms with Crippen molar-refractivity contribution in [3.63, 3.8) is 0 Å². The van der Waals surface area contributed by atoms with Crippen LogP contribution in [0.3, 0.4) is 0 Å². The minimum atomic E-state index is -0.885. The zero-order valence-corrected chi connectivity index (χ0v) is 10.3. The Morgan fingerprint density at radius 2 is 2.12 bits per heavy atom. The predicted octanol–water partition coefficient (Wildman–Crippen LogP) is 2.19. The summed E-state index contributed by atoms with van der Waals surface area (Å²) in [4.78, 5) is 22.9. The fraction of sp³-hybridized carbons (Fsp3) is 0.455. The van der Waals surface area contributed by atoms with E-state index in [2.05, 4.69) is 4.74 Å². The Balaban J connectivity index is 2.94. The lowest BCUT2D eigenvalue weighted by Gasteiger charge is -2.18. The van der Waals surface area contributed by atoms with Crippen LogP contribution in [0, 0.1) is 5.41 Å². The molecule has 0 bridgehead atoms. The van der Waals surface area contributed by atoms with Gasteiger partial charge >= 0.3 is 11.9 Å². The van der Waals surface area contributed by atoms with Crippen molar-refractivity contribution >= 4 is 23.3 Å². The number of carbonyl (C=O) groups is 2. The number of carboxylic acid groups (broad SMARTS) is 1. The van der Waals surface area contributed by atoms with Crippen LogP contribution in [0.2, 0.25) is 0 Å². The minimum Gasteiger partial charge on any atom is -0.481 e. The smallest absolute Gasteiger partial charge is 0.348 e. The first-order valence-electron chi connectivity index (χ1n) is 4.76. The van der Waals surface area contributed by atoms with E-state index in [0.717, 1.165) is 5.56 Å². The van der Waals surface area contributed by atoms with Crippen molar-refractivity contribution in [1.82, 2.24) is 0 Å². The van der Waals surface area contributed by atoms with Crippen LogP contribution in [-0.4, -0.2) is 24.2 Å². The first-order chi connectivity index (χ1) is 7.38. The Morgan fingerprint density at radius 3 is 2.62 bits per heavy atom. The highest BCUT2D eigenvalue weighted by Gasteiger charge is 2.29. The molecule has 0 amide bonds. The molecule has 0 aromatic carbocycles. The highest BCUT2D eigenvalue weighted by atomic mass is 32.1. The van der Waals surface area contributed by atoms with Crippen LogP contribution in [0.15, 0.2) is 11.4 Å². The molecule has 1 aromatic heterocycles. The third-order valence-electron chi connectivity index (χ3n) is 2.33. The first-order valence-corrected chi connectivity index (χ1v) is 5.64. The van der Waals surface area contributed by atoms with E-state index in [4.69, 9.17) is 5.11 Å². The standard InChI is InChI=1S/C11H14O4S/c1-11(2,10(13)14)6-7-4-5-16-8(7)9(12)15-3/h4-5H,6H2,1-3H3,(H,13,14). The van der Waals surface area contributed by atoms with Gasteiger partial charge in [-0.2, -0.15) is 0 Å². The van der Waals surface area contributed by atoms with E-state index in [1.165, 1.54) is 18.4 Å². The summed E-state index contributed by atoms with van der Waals surface area (Å²) in [6, 6.07) is 1.77. The Kier molecular flexibility index (Phi) is 3.70. The van der Waals surface area contributed by atoms with E-state index in [-0.39, 0.29) is 0 Å². The lowest BCUT2D eigenvalue weighted by molar-refractivity contribution is -0.146. The lowest BCUT2D eigenvalue weighted by atomic mass is 9.86. The summed E-state index contributed by atoms with van der Waals surface area (Å²) in [5, 5.41) is 10.8.